The van der Waals surface area contributed by atoms with Gasteiger partial charge in [0.15, 0.2) is 6.61 Å². The molecule has 1 amide bonds. The molecule has 31 heavy (non-hydrogen) atoms. The molecule has 0 saturated heterocycles. The number of carbonyl (C=O) groups excluding carboxylic acids is 2. The zero-order valence-electron chi connectivity index (χ0n) is 17.4. The standard InChI is InChI=1S/C21H24ClFN2O5S/c1-4-25(5-2)31(28,29)17-10-11-19(22)18(12-17)21(27)30-13-20(26)24-14(3)15-6-8-16(23)9-7-15/h6-12,14H,4-5,13H2,1-3H3,(H,24,26). The van der Waals surface area contributed by atoms with Crippen molar-refractivity contribution in [1.82, 2.24) is 9.62 Å². The second-order valence-corrected chi connectivity index (χ2v) is 8.99. The largest absolute Gasteiger partial charge is 0.452 e. The second kappa shape index (κ2) is 10.7. The second-order valence-electron chi connectivity index (χ2n) is 6.65. The Morgan fingerprint density at radius 1 is 1.13 bits per heavy atom. The van der Waals surface area contributed by atoms with Crippen LogP contribution in [0.1, 0.15) is 42.7 Å². The molecule has 0 bridgehead atoms. The highest BCUT2D eigenvalue weighted by Gasteiger charge is 2.24. The average Bonchev–Trinajstić information content (AvgIpc) is 2.73. The number of nitrogens with one attached hydrogen (secondary N) is 1. The lowest BCUT2D eigenvalue weighted by atomic mass is 10.1. The molecule has 0 radical (unpaired) electrons. The number of nitrogens with zero attached hydrogens (tertiary/aromatic N) is 1. The summed E-state index contributed by atoms with van der Waals surface area (Å²) in [6, 6.07) is 8.94. The van der Waals surface area contributed by atoms with Crippen LogP contribution in [-0.2, 0) is 19.6 Å². The molecule has 0 fully saturated rings. The number of sulfonamides is 1. The van der Waals surface area contributed by atoms with E-state index in [0.29, 0.717) is 5.56 Å². The van der Waals surface area contributed by atoms with Crippen molar-refractivity contribution in [2.45, 2.75) is 31.7 Å². The summed E-state index contributed by atoms with van der Waals surface area (Å²) in [7, 11) is -3.79. The maximum Gasteiger partial charge on any atom is 0.340 e. The Balaban J connectivity index is 2.06. The summed E-state index contributed by atoms with van der Waals surface area (Å²) in [5, 5.41) is 2.63. The first-order valence-corrected chi connectivity index (χ1v) is 11.4. The minimum Gasteiger partial charge on any atom is -0.452 e. The van der Waals surface area contributed by atoms with E-state index in [1.165, 1.54) is 40.7 Å². The molecule has 2 rings (SSSR count). The van der Waals surface area contributed by atoms with Gasteiger partial charge in [0.25, 0.3) is 5.91 Å². The molecular formula is C21H24ClFN2O5S. The number of esters is 1. The van der Waals surface area contributed by atoms with Crippen molar-refractivity contribution in [2.75, 3.05) is 19.7 Å². The number of rotatable bonds is 9. The minimum atomic E-state index is -3.79. The van der Waals surface area contributed by atoms with Crippen LogP contribution >= 0.6 is 11.6 Å². The minimum absolute atomic E-state index is 0.00332. The molecule has 0 spiro atoms. The Morgan fingerprint density at radius 2 is 1.74 bits per heavy atom. The van der Waals surface area contributed by atoms with E-state index >= 15 is 0 Å². The fourth-order valence-electron chi connectivity index (χ4n) is 2.86. The number of hydrogen-bond donors (Lipinski definition) is 1. The van der Waals surface area contributed by atoms with E-state index in [4.69, 9.17) is 16.3 Å². The molecule has 1 N–H and O–H groups in total. The summed E-state index contributed by atoms with van der Waals surface area (Å²) in [5.74, 6) is -1.89. The quantitative estimate of drug-likeness (QED) is 0.566. The van der Waals surface area contributed by atoms with E-state index in [1.807, 2.05) is 0 Å². The zero-order chi connectivity index (χ0) is 23.2. The van der Waals surface area contributed by atoms with Crippen molar-refractivity contribution in [3.8, 4) is 0 Å². The van der Waals surface area contributed by atoms with Crippen LogP contribution in [-0.4, -0.2) is 44.3 Å². The van der Waals surface area contributed by atoms with E-state index in [0.717, 1.165) is 6.07 Å². The summed E-state index contributed by atoms with van der Waals surface area (Å²) in [6.45, 7) is 5.07. The van der Waals surface area contributed by atoms with Crippen molar-refractivity contribution in [1.29, 1.82) is 0 Å². The Labute approximate surface area is 186 Å². The highest BCUT2D eigenvalue weighted by Crippen LogP contribution is 2.24. The number of hydrogen-bond acceptors (Lipinski definition) is 5. The summed E-state index contributed by atoms with van der Waals surface area (Å²) in [5.41, 5.74) is 0.521. The van der Waals surface area contributed by atoms with Crippen LogP contribution in [0.15, 0.2) is 47.4 Å². The monoisotopic (exact) mass is 470 g/mol. The Bertz CT molecular complexity index is 1040. The summed E-state index contributed by atoms with van der Waals surface area (Å²) < 4.78 is 44.6. The average molecular weight is 471 g/mol. The van der Waals surface area contributed by atoms with Gasteiger partial charge in [-0.1, -0.05) is 37.6 Å². The van der Waals surface area contributed by atoms with Gasteiger partial charge in [0.1, 0.15) is 5.82 Å². The van der Waals surface area contributed by atoms with E-state index in [2.05, 4.69) is 5.32 Å². The fourth-order valence-corrected chi connectivity index (χ4v) is 4.54. The van der Waals surface area contributed by atoms with Crippen molar-refractivity contribution < 1.29 is 27.1 Å². The van der Waals surface area contributed by atoms with Gasteiger partial charge < -0.3 is 10.1 Å². The van der Waals surface area contributed by atoms with Gasteiger partial charge >= 0.3 is 5.97 Å². The van der Waals surface area contributed by atoms with E-state index in [9.17, 15) is 22.4 Å². The highest BCUT2D eigenvalue weighted by atomic mass is 35.5. The predicted molar refractivity (Wildman–Crippen MR) is 115 cm³/mol. The van der Waals surface area contributed by atoms with Crippen molar-refractivity contribution in [3.05, 3.63) is 64.4 Å². The van der Waals surface area contributed by atoms with E-state index in [-0.39, 0.29) is 28.6 Å². The number of halogens is 2. The molecule has 1 atom stereocenters. The Hall–Kier alpha value is -2.49. The van der Waals surface area contributed by atoms with Crippen LogP contribution in [0.2, 0.25) is 5.02 Å². The molecule has 2 aromatic rings. The molecule has 0 aliphatic rings. The van der Waals surface area contributed by atoms with Crippen LogP contribution < -0.4 is 5.32 Å². The zero-order valence-corrected chi connectivity index (χ0v) is 19.0. The first-order valence-electron chi connectivity index (χ1n) is 9.61. The smallest absolute Gasteiger partial charge is 0.340 e. The predicted octanol–water partition coefficient (Wildman–Crippen LogP) is 3.54. The summed E-state index contributed by atoms with van der Waals surface area (Å²) >= 11 is 6.04. The highest BCUT2D eigenvalue weighted by molar-refractivity contribution is 7.89. The van der Waals surface area contributed by atoms with Crippen molar-refractivity contribution in [2.24, 2.45) is 0 Å². The molecule has 168 valence electrons. The fraction of sp³-hybridized carbons (Fsp3) is 0.333. The molecule has 1 unspecified atom stereocenters. The molecule has 10 heteroatoms. The maximum atomic E-state index is 13.0. The number of benzene rings is 2. The van der Waals surface area contributed by atoms with Gasteiger partial charge in [0, 0.05) is 13.1 Å². The first kappa shape index (κ1) is 24.8. The topological polar surface area (TPSA) is 92.8 Å². The van der Waals surface area contributed by atoms with Gasteiger partial charge in [-0.3, -0.25) is 4.79 Å². The molecule has 7 nitrogen and oxygen atoms in total. The van der Waals surface area contributed by atoms with Crippen molar-refractivity contribution in [3.63, 3.8) is 0 Å². The lowest BCUT2D eigenvalue weighted by Gasteiger charge is -2.19. The lowest BCUT2D eigenvalue weighted by molar-refractivity contribution is -0.124. The van der Waals surface area contributed by atoms with Crippen molar-refractivity contribution >= 4 is 33.5 Å². The molecule has 0 aromatic heterocycles. The summed E-state index contributed by atoms with van der Waals surface area (Å²) in [4.78, 5) is 24.4. The van der Waals surface area contributed by atoms with E-state index in [1.54, 1.807) is 20.8 Å². The normalized spacial score (nSPS) is 12.5. The maximum absolute atomic E-state index is 13.0. The van der Waals surface area contributed by atoms with Gasteiger partial charge in [0.05, 0.1) is 21.5 Å². The third kappa shape index (κ3) is 6.25. The Kier molecular flexibility index (Phi) is 8.55. The summed E-state index contributed by atoms with van der Waals surface area (Å²) in [6.07, 6.45) is 0. The molecular weight excluding hydrogens is 447 g/mol. The molecule has 0 heterocycles. The van der Waals surface area contributed by atoms with Gasteiger partial charge in [-0.05, 0) is 42.8 Å². The number of carbonyl (C=O) groups is 2. The lowest BCUT2D eigenvalue weighted by Crippen LogP contribution is -2.31. The van der Waals surface area contributed by atoms with Crippen LogP contribution in [0.3, 0.4) is 0 Å². The first-order chi connectivity index (χ1) is 14.6. The SMILES string of the molecule is CCN(CC)S(=O)(=O)c1ccc(Cl)c(C(=O)OCC(=O)NC(C)c2ccc(F)cc2)c1. The third-order valence-corrected chi connectivity index (χ3v) is 6.96. The Morgan fingerprint density at radius 3 is 2.32 bits per heavy atom. The third-order valence-electron chi connectivity index (χ3n) is 4.58. The van der Waals surface area contributed by atoms with Crippen LogP contribution in [0.4, 0.5) is 4.39 Å². The van der Waals surface area contributed by atoms with Gasteiger partial charge in [-0.25, -0.2) is 17.6 Å². The van der Waals surface area contributed by atoms with Gasteiger partial charge in [-0.15, -0.1) is 0 Å². The molecule has 0 aliphatic carbocycles. The molecule has 2 aromatic carbocycles. The molecule has 0 aliphatic heterocycles. The van der Waals surface area contributed by atoms with Gasteiger partial charge in [0.2, 0.25) is 10.0 Å². The molecule has 0 saturated carbocycles. The van der Waals surface area contributed by atoms with Crippen LogP contribution in [0, 0.1) is 5.82 Å². The number of amides is 1. The van der Waals surface area contributed by atoms with E-state index < -0.39 is 40.4 Å². The van der Waals surface area contributed by atoms with Gasteiger partial charge in [-0.2, -0.15) is 4.31 Å². The van der Waals surface area contributed by atoms with Crippen LogP contribution in [0.5, 0.6) is 0 Å². The van der Waals surface area contributed by atoms with Crippen LogP contribution in [0.25, 0.3) is 0 Å². The number of ether oxygens (including phenoxy) is 1.